The molecule has 8 nitrogen and oxygen atoms in total. The summed E-state index contributed by atoms with van der Waals surface area (Å²) >= 11 is 0. The summed E-state index contributed by atoms with van der Waals surface area (Å²) in [6.07, 6.45) is 2.53. The molecule has 3 heterocycles. The van der Waals surface area contributed by atoms with Gasteiger partial charge in [-0.1, -0.05) is 13.0 Å². The number of tetrazole rings is 1. The molecule has 8 heteroatoms. The topological polar surface area (TPSA) is 85.8 Å². The molecule has 0 saturated heterocycles. The molecular weight excluding hydrogens is 358 g/mol. The average molecular weight is 379 g/mol. The van der Waals surface area contributed by atoms with Crippen molar-refractivity contribution in [2.45, 2.75) is 26.4 Å². The van der Waals surface area contributed by atoms with Gasteiger partial charge in [-0.05, 0) is 52.7 Å². The van der Waals surface area contributed by atoms with E-state index in [-0.39, 0.29) is 12.5 Å². The second-order valence-corrected chi connectivity index (χ2v) is 6.59. The van der Waals surface area contributed by atoms with E-state index >= 15 is 0 Å². The highest BCUT2D eigenvalue weighted by Crippen LogP contribution is 2.23. The van der Waals surface area contributed by atoms with E-state index in [1.165, 1.54) is 12.7 Å². The Morgan fingerprint density at radius 1 is 1.25 bits per heavy atom. The van der Waals surface area contributed by atoms with Crippen LogP contribution < -0.4 is 0 Å². The van der Waals surface area contributed by atoms with Crippen molar-refractivity contribution in [1.82, 2.24) is 24.9 Å². The number of hydrogen-bond donors (Lipinski definition) is 0. The third-order valence-electron chi connectivity index (χ3n) is 4.72. The van der Waals surface area contributed by atoms with Gasteiger partial charge in [-0.15, -0.1) is 5.10 Å². The molecule has 0 radical (unpaired) electrons. The lowest BCUT2D eigenvalue weighted by Gasteiger charge is -2.22. The van der Waals surface area contributed by atoms with Crippen molar-refractivity contribution >= 4 is 22.5 Å². The number of amides is 1. The first-order valence-corrected chi connectivity index (χ1v) is 9.11. The Hall–Kier alpha value is -3.26. The van der Waals surface area contributed by atoms with Crippen LogP contribution in [0.3, 0.4) is 0 Å². The molecule has 1 aromatic carbocycles. The third-order valence-corrected chi connectivity index (χ3v) is 4.72. The lowest BCUT2D eigenvalue weighted by atomic mass is 10.1. The molecule has 0 spiro atoms. The van der Waals surface area contributed by atoms with Gasteiger partial charge in [0.1, 0.15) is 12.4 Å². The molecule has 0 N–H and O–H groups in total. The molecule has 28 heavy (non-hydrogen) atoms. The molecule has 0 atom stereocenters. The number of hydrogen-bond acceptors (Lipinski definition) is 6. The molecule has 144 valence electrons. The van der Waals surface area contributed by atoms with Crippen molar-refractivity contribution in [3.05, 3.63) is 59.5 Å². The molecule has 0 aliphatic carbocycles. The fraction of sp³-hybridized carbons (Fsp3) is 0.300. The first-order chi connectivity index (χ1) is 13.7. The van der Waals surface area contributed by atoms with Crippen molar-refractivity contribution in [2.75, 3.05) is 13.7 Å². The maximum absolute atomic E-state index is 12.6. The molecule has 0 bridgehead atoms. The van der Waals surface area contributed by atoms with Crippen molar-refractivity contribution in [3.63, 3.8) is 0 Å². The minimum Gasteiger partial charge on any atom is -0.467 e. The summed E-state index contributed by atoms with van der Waals surface area (Å²) < 4.78 is 12.2. The largest absolute Gasteiger partial charge is 0.467 e. The van der Waals surface area contributed by atoms with E-state index in [0.717, 1.165) is 22.9 Å². The van der Waals surface area contributed by atoms with Gasteiger partial charge in [-0.3, -0.25) is 4.79 Å². The van der Waals surface area contributed by atoms with Gasteiger partial charge in [0.05, 0.1) is 24.9 Å². The van der Waals surface area contributed by atoms with Gasteiger partial charge in [-0.25, -0.2) is 0 Å². The maximum Gasteiger partial charge on any atom is 0.249 e. The zero-order valence-corrected chi connectivity index (χ0v) is 15.8. The number of rotatable bonds is 7. The number of ether oxygens (including phenoxy) is 1. The van der Waals surface area contributed by atoms with Crippen LogP contribution in [-0.2, 0) is 29.0 Å². The summed E-state index contributed by atoms with van der Waals surface area (Å²) in [5.74, 6) is 0.570. The van der Waals surface area contributed by atoms with Gasteiger partial charge >= 0.3 is 0 Å². The second-order valence-electron chi connectivity index (χ2n) is 6.59. The summed E-state index contributed by atoms with van der Waals surface area (Å²) in [6, 6.07) is 11.9. The smallest absolute Gasteiger partial charge is 0.249 e. The molecule has 3 aromatic heterocycles. The molecular formula is C20H21N5O3. The monoisotopic (exact) mass is 379 g/mol. The zero-order valence-electron chi connectivity index (χ0n) is 15.8. The van der Waals surface area contributed by atoms with E-state index in [4.69, 9.17) is 9.15 Å². The zero-order chi connectivity index (χ0) is 19.5. The van der Waals surface area contributed by atoms with Gasteiger partial charge in [-0.2, -0.15) is 4.52 Å². The molecule has 0 saturated carbocycles. The Kier molecular flexibility index (Phi) is 5.03. The van der Waals surface area contributed by atoms with Crippen LogP contribution in [0, 0.1) is 0 Å². The molecule has 0 aliphatic heterocycles. The highest BCUT2D eigenvalue weighted by molar-refractivity contribution is 5.84. The van der Waals surface area contributed by atoms with Crippen LogP contribution in [0.25, 0.3) is 16.6 Å². The predicted octanol–water partition coefficient (Wildman–Crippen LogP) is 2.61. The predicted molar refractivity (Wildman–Crippen MR) is 103 cm³/mol. The standard InChI is InChI=1S/C20H21N5O3/c1-3-14-6-7-18-15(9-14)10-16(20-21-22-23-25(18)20)11-24(19(26)13-27-2)12-17-5-4-8-28-17/h4-10H,3,11-13H2,1-2H3. The van der Waals surface area contributed by atoms with Crippen LogP contribution in [0.2, 0.25) is 0 Å². The van der Waals surface area contributed by atoms with Crippen LogP contribution in [0.1, 0.15) is 23.8 Å². The molecule has 0 aliphatic rings. The normalized spacial score (nSPS) is 11.4. The summed E-state index contributed by atoms with van der Waals surface area (Å²) in [7, 11) is 1.51. The summed E-state index contributed by atoms with van der Waals surface area (Å²) in [5, 5.41) is 13.2. The van der Waals surface area contributed by atoms with Crippen molar-refractivity contribution in [3.8, 4) is 0 Å². The highest BCUT2D eigenvalue weighted by atomic mass is 16.5. The van der Waals surface area contributed by atoms with E-state index in [9.17, 15) is 4.79 Å². The van der Waals surface area contributed by atoms with Gasteiger partial charge in [0.25, 0.3) is 0 Å². The molecule has 0 fully saturated rings. The second kappa shape index (κ2) is 7.77. The third kappa shape index (κ3) is 3.46. The Balaban J connectivity index is 1.76. The summed E-state index contributed by atoms with van der Waals surface area (Å²) in [6.45, 7) is 2.80. The lowest BCUT2D eigenvalue weighted by Crippen LogP contribution is -2.33. The van der Waals surface area contributed by atoms with Crippen LogP contribution in [0.4, 0.5) is 0 Å². The van der Waals surface area contributed by atoms with Crippen molar-refractivity contribution < 1.29 is 13.9 Å². The SMILES string of the molecule is CCc1ccc2c(c1)cc(CN(Cc1ccco1)C(=O)COC)c1nnnn12. The molecule has 0 unspecified atom stereocenters. The van der Waals surface area contributed by atoms with E-state index < -0.39 is 0 Å². The van der Waals surface area contributed by atoms with Crippen LogP contribution in [0.15, 0.2) is 47.1 Å². The Bertz CT molecular complexity index is 1100. The van der Waals surface area contributed by atoms with Crippen LogP contribution >= 0.6 is 0 Å². The first kappa shape index (κ1) is 18.1. The summed E-state index contributed by atoms with van der Waals surface area (Å²) in [4.78, 5) is 14.3. The highest BCUT2D eigenvalue weighted by Gasteiger charge is 2.19. The molecule has 1 amide bonds. The fourth-order valence-electron chi connectivity index (χ4n) is 3.29. The van der Waals surface area contributed by atoms with E-state index in [1.807, 2.05) is 12.1 Å². The Morgan fingerprint density at radius 3 is 2.89 bits per heavy atom. The van der Waals surface area contributed by atoms with E-state index in [0.29, 0.717) is 24.5 Å². The number of benzene rings is 1. The van der Waals surface area contributed by atoms with Gasteiger partial charge in [0, 0.05) is 18.1 Å². The first-order valence-electron chi connectivity index (χ1n) is 9.11. The van der Waals surface area contributed by atoms with Gasteiger partial charge < -0.3 is 14.1 Å². The number of aryl methyl sites for hydroxylation is 1. The molecule has 4 aromatic rings. The number of nitrogens with zero attached hydrogens (tertiary/aromatic N) is 5. The van der Waals surface area contributed by atoms with E-state index in [2.05, 4.69) is 40.6 Å². The fourth-order valence-corrected chi connectivity index (χ4v) is 3.29. The van der Waals surface area contributed by atoms with Crippen molar-refractivity contribution in [2.24, 2.45) is 0 Å². The number of fused-ring (bicyclic) bond motifs is 3. The van der Waals surface area contributed by atoms with Gasteiger partial charge in [0.2, 0.25) is 5.91 Å². The number of aromatic nitrogens is 4. The van der Waals surface area contributed by atoms with E-state index in [1.54, 1.807) is 21.7 Å². The van der Waals surface area contributed by atoms with Crippen LogP contribution in [-0.4, -0.2) is 44.6 Å². The number of carbonyl (C=O) groups excluding carboxylic acids is 1. The average Bonchev–Trinajstić information content (AvgIpc) is 3.39. The number of pyridine rings is 1. The maximum atomic E-state index is 12.6. The lowest BCUT2D eigenvalue weighted by molar-refractivity contribution is -0.136. The minimum atomic E-state index is -0.132. The van der Waals surface area contributed by atoms with Crippen LogP contribution in [0.5, 0.6) is 0 Å². The number of methoxy groups -OCH3 is 1. The molecule has 4 rings (SSSR count). The Morgan fingerprint density at radius 2 is 2.14 bits per heavy atom. The summed E-state index contributed by atoms with van der Waals surface area (Å²) in [5.41, 5.74) is 3.66. The van der Waals surface area contributed by atoms with Gasteiger partial charge in [0.15, 0.2) is 5.65 Å². The minimum absolute atomic E-state index is 0.00447. The quantitative estimate of drug-likeness (QED) is 0.491. The van der Waals surface area contributed by atoms with Crippen molar-refractivity contribution in [1.29, 1.82) is 0 Å². The number of carbonyl (C=O) groups is 1. The Labute approximate surface area is 161 Å². The number of furan rings is 1.